The minimum atomic E-state index is -0.512. The molecule has 100 valence electrons. The molecule has 19 heavy (non-hydrogen) atoms. The van der Waals surface area contributed by atoms with E-state index in [0.29, 0.717) is 10.8 Å². The fourth-order valence-electron chi connectivity index (χ4n) is 1.54. The van der Waals surface area contributed by atoms with Crippen molar-refractivity contribution in [3.8, 4) is 0 Å². The van der Waals surface area contributed by atoms with Crippen molar-refractivity contribution in [3.63, 3.8) is 0 Å². The molecule has 0 fully saturated rings. The predicted molar refractivity (Wildman–Crippen MR) is 75.5 cm³/mol. The lowest BCUT2D eigenvalue weighted by Gasteiger charge is -2.22. The highest BCUT2D eigenvalue weighted by molar-refractivity contribution is 7.13. The Bertz CT molecular complexity index is 586. The first-order chi connectivity index (χ1) is 9.00. The number of halogens is 2. The van der Waals surface area contributed by atoms with E-state index in [4.69, 9.17) is 11.6 Å². The number of carbonyl (C=O) groups excluding carboxylic acids is 1. The van der Waals surface area contributed by atoms with Gasteiger partial charge in [-0.2, -0.15) is 0 Å². The maximum Gasteiger partial charge on any atom is 0.235 e. The fraction of sp³-hybridized carbons (Fsp3) is 0.231. The number of hydrogen-bond donors (Lipinski definition) is 0. The molecule has 2 aromatic rings. The molecule has 0 aliphatic heterocycles. The van der Waals surface area contributed by atoms with Crippen molar-refractivity contribution in [1.29, 1.82) is 0 Å². The maximum absolute atomic E-state index is 13.2. The first-order valence-electron chi connectivity index (χ1n) is 5.69. The molecule has 0 aliphatic carbocycles. The maximum atomic E-state index is 13.2. The van der Waals surface area contributed by atoms with E-state index in [1.807, 2.05) is 0 Å². The van der Waals surface area contributed by atoms with E-state index in [9.17, 15) is 9.18 Å². The van der Waals surface area contributed by atoms with Crippen molar-refractivity contribution >= 4 is 39.7 Å². The molecule has 1 aromatic carbocycles. The monoisotopic (exact) mass is 298 g/mol. The summed E-state index contributed by atoms with van der Waals surface area (Å²) in [5.41, 5.74) is 0.514. The molecule has 6 heteroatoms. The number of benzene rings is 1. The Morgan fingerprint density at radius 2 is 2.21 bits per heavy atom. The van der Waals surface area contributed by atoms with E-state index in [1.54, 1.807) is 25.4 Å². The van der Waals surface area contributed by atoms with Crippen LogP contribution in [0, 0.1) is 11.7 Å². The summed E-state index contributed by atoms with van der Waals surface area (Å²) >= 11 is 7.11. The zero-order valence-electron chi connectivity index (χ0n) is 10.4. The molecule has 0 aliphatic rings. The molecule has 0 atom stereocenters. The van der Waals surface area contributed by atoms with Crippen molar-refractivity contribution in [2.24, 2.45) is 5.92 Å². The van der Waals surface area contributed by atoms with Crippen LogP contribution in [0.15, 0.2) is 29.8 Å². The molecule has 0 bridgehead atoms. The van der Waals surface area contributed by atoms with E-state index in [-0.39, 0.29) is 16.8 Å². The van der Waals surface area contributed by atoms with Crippen molar-refractivity contribution in [3.05, 3.63) is 40.6 Å². The van der Waals surface area contributed by atoms with Gasteiger partial charge in [0.05, 0.1) is 10.7 Å². The molecule has 0 saturated heterocycles. The zero-order valence-corrected chi connectivity index (χ0v) is 12.0. The third kappa shape index (κ3) is 2.93. The number of rotatable bonds is 3. The second-order valence-electron chi connectivity index (χ2n) is 4.24. The summed E-state index contributed by atoms with van der Waals surface area (Å²) in [5, 5.41) is 2.30. The van der Waals surface area contributed by atoms with Crippen LogP contribution in [-0.2, 0) is 4.79 Å². The van der Waals surface area contributed by atoms with E-state index < -0.39 is 5.82 Å². The van der Waals surface area contributed by atoms with Gasteiger partial charge in [-0.25, -0.2) is 9.37 Å². The van der Waals surface area contributed by atoms with Crippen molar-refractivity contribution in [1.82, 2.24) is 4.98 Å². The third-order valence-electron chi connectivity index (χ3n) is 2.49. The molecule has 0 unspecified atom stereocenters. The van der Waals surface area contributed by atoms with Crippen molar-refractivity contribution in [2.75, 3.05) is 4.90 Å². The van der Waals surface area contributed by atoms with E-state index in [1.165, 1.54) is 34.4 Å². The normalized spacial score (nSPS) is 10.8. The van der Waals surface area contributed by atoms with Crippen LogP contribution in [0.25, 0.3) is 0 Å². The molecule has 0 N–H and O–H groups in total. The molecule has 1 aromatic heterocycles. The van der Waals surface area contributed by atoms with Gasteiger partial charge in [-0.15, -0.1) is 11.3 Å². The molecule has 2 rings (SSSR count). The van der Waals surface area contributed by atoms with Gasteiger partial charge in [-0.1, -0.05) is 25.4 Å². The largest absolute Gasteiger partial charge is 0.274 e. The Morgan fingerprint density at radius 3 is 2.74 bits per heavy atom. The highest BCUT2D eigenvalue weighted by Gasteiger charge is 2.23. The molecule has 1 amide bonds. The van der Waals surface area contributed by atoms with Gasteiger partial charge < -0.3 is 0 Å². The summed E-state index contributed by atoms with van der Waals surface area (Å²) in [6, 6.07) is 4.19. The smallest absolute Gasteiger partial charge is 0.235 e. The Morgan fingerprint density at radius 1 is 1.47 bits per heavy atom. The fourth-order valence-corrected chi connectivity index (χ4v) is 2.38. The van der Waals surface area contributed by atoms with Gasteiger partial charge in [0.15, 0.2) is 5.13 Å². The van der Waals surface area contributed by atoms with Gasteiger partial charge in [0.2, 0.25) is 5.91 Å². The first kappa shape index (κ1) is 14.0. The second-order valence-corrected chi connectivity index (χ2v) is 5.52. The number of nitrogens with zero attached hydrogens (tertiary/aromatic N) is 2. The quantitative estimate of drug-likeness (QED) is 0.848. The highest BCUT2D eigenvalue weighted by Crippen LogP contribution is 2.31. The number of amides is 1. The Hall–Kier alpha value is -1.46. The lowest BCUT2D eigenvalue weighted by Crippen LogP contribution is -2.29. The van der Waals surface area contributed by atoms with Crippen LogP contribution in [0.3, 0.4) is 0 Å². The van der Waals surface area contributed by atoms with Gasteiger partial charge in [0.1, 0.15) is 5.82 Å². The zero-order chi connectivity index (χ0) is 14.0. The van der Waals surface area contributed by atoms with Crippen LogP contribution in [0.5, 0.6) is 0 Å². The van der Waals surface area contributed by atoms with Crippen LogP contribution in [0.1, 0.15) is 13.8 Å². The average Bonchev–Trinajstić information content (AvgIpc) is 2.87. The topological polar surface area (TPSA) is 33.2 Å². The molecule has 0 radical (unpaired) electrons. The van der Waals surface area contributed by atoms with Gasteiger partial charge in [-0.3, -0.25) is 9.69 Å². The summed E-state index contributed by atoms with van der Waals surface area (Å²) in [4.78, 5) is 17.9. The second kappa shape index (κ2) is 5.67. The van der Waals surface area contributed by atoms with E-state index in [0.717, 1.165) is 0 Å². The Labute approximate surface area is 119 Å². The number of thiazole rings is 1. The SMILES string of the molecule is CC(C)C(=O)N(c1ccc(F)c(Cl)c1)c1nccs1. The minimum absolute atomic E-state index is 0.0180. The van der Waals surface area contributed by atoms with Gasteiger partial charge in [-0.05, 0) is 18.2 Å². The average molecular weight is 299 g/mol. The highest BCUT2D eigenvalue weighted by atomic mass is 35.5. The molecule has 0 saturated carbocycles. The Balaban J connectivity index is 2.48. The standard InChI is InChI=1S/C13H12ClFN2OS/c1-8(2)12(18)17(13-16-5-6-19-13)9-3-4-11(15)10(14)7-9/h3-8H,1-2H3. The summed E-state index contributed by atoms with van der Waals surface area (Å²) in [6.45, 7) is 3.60. The van der Waals surface area contributed by atoms with Crippen LogP contribution in [0.2, 0.25) is 5.02 Å². The molecular formula is C13H12ClFN2OS. The van der Waals surface area contributed by atoms with E-state index in [2.05, 4.69) is 4.98 Å². The molecule has 0 spiro atoms. The van der Waals surface area contributed by atoms with Gasteiger partial charge in [0.25, 0.3) is 0 Å². The van der Waals surface area contributed by atoms with E-state index >= 15 is 0 Å². The number of aromatic nitrogens is 1. The lowest BCUT2D eigenvalue weighted by atomic mass is 10.2. The number of carbonyl (C=O) groups is 1. The van der Waals surface area contributed by atoms with Crippen LogP contribution in [-0.4, -0.2) is 10.9 Å². The van der Waals surface area contributed by atoms with Crippen molar-refractivity contribution in [2.45, 2.75) is 13.8 Å². The van der Waals surface area contributed by atoms with Gasteiger partial charge in [0, 0.05) is 17.5 Å². The van der Waals surface area contributed by atoms with Crippen LogP contribution < -0.4 is 4.90 Å². The lowest BCUT2D eigenvalue weighted by molar-refractivity contribution is -0.120. The Kier molecular flexibility index (Phi) is 4.17. The molecular weight excluding hydrogens is 287 g/mol. The summed E-state index contributed by atoms with van der Waals surface area (Å²) in [6.07, 6.45) is 1.62. The molecule has 1 heterocycles. The van der Waals surface area contributed by atoms with Crippen LogP contribution in [0.4, 0.5) is 15.2 Å². The minimum Gasteiger partial charge on any atom is -0.274 e. The first-order valence-corrected chi connectivity index (χ1v) is 6.95. The summed E-state index contributed by atoms with van der Waals surface area (Å²) < 4.78 is 13.2. The predicted octanol–water partition coefficient (Wildman–Crippen LogP) is 4.26. The number of hydrogen-bond acceptors (Lipinski definition) is 3. The summed E-state index contributed by atoms with van der Waals surface area (Å²) in [5.74, 6) is -0.827. The molecule has 3 nitrogen and oxygen atoms in total. The number of anilines is 2. The van der Waals surface area contributed by atoms with Gasteiger partial charge >= 0.3 is 0 Å². The summed E-state index contributed by atoms with van der Waals surface area (Å²) in [7, 11) is 0. The van der Waals surface area contributed by atoms with Crippen molar-refractivity contribution < 1.29 is 9.18 Å². The third-order valence-corrected chi connectivity index (χ3v) is 3.53. The van der Waals surface area contributed by atoms with Crippen LogP contribution >= 0.6 is 22.9 Å².